The Kier molecular flexibility index (Phi) is 4.51. The first kappa shape index (κ1) is 16.6. The molecule has 25 heavy (non-hydrogen) atoms. The van der Waals surface area contributed by atoms with Crippen LogP contribution in [0.1, 0.15) is 44.1 Å². The van der Waals surface area contributed by atoms with Crippen LogP contribution in [0.4, 0.5) is 0 Å². The lowest BCUT2D eigenvalue weighted by Gasteiger charge is -2.21. The molecule has 3 heteroatoms. The minimum atomic E-state index is 0.219. The lowest BCUT2D eigenvalue weighted by atomic mass is 9.93. The number of aliphatic hydroxyl groups excluding tert-OH is 1. The molecule has 2 aliphatic rings. The Morgan fingerprint density at radius 2 is 1.88 bits per heavy atom. The second kappa shape index (κ2) is 6.80. The summed E-state index contributed by atoms with van der Waals surface area (Å²) < 4.78 is 0. The number of rotatable bonds is 7. The maximum atomic E-state index is 12.5. The van der Waals surface area contributed by atoms with E-state index in [1.165, 1.54) is 22.8 Å². The van der Waals surface area contributed by atoms with Crippen LogP contribution in [-0.4, -0.2) is 35.6 Å². The van der Waals surface area contributed by atoms with Gasteiger partial charge in [0.05, 0.1) is 0 Å². The van der Waals surface area contributed by atoms with Gasteiger partial charge in [0, 0.05) is 31.5 Å². The van der Waals surface area contributed by atoms with Crippen molar-refractivity contribution in [2.45, 2.75) is 43.9 Å². The first-order valence-corrected chi connectivity index (χ1v) is 9.61. The average molecular weight is 337 g/mol. The van der Waals surface area contributed by atoms with Crippen molar-refractivity contribution in [2.75, 3.05) is 19.7 Å². The number of piperidine rings is 1. The van der Waals surface area contributed by atoms with E-state index in [1.807, 2.05) is 0 Å². The van der Waals surface area contributed by atoms with E-state index >= 15 is 0 Å². The summed E-state index contributed by atoms with van der Waals surface area (Å²) in [6.45, 7) is 2.09. The van der Waals surface area contributed by atoms with E-state index in [4.69, 9.17) is 5.11 Å². The molecular formula is C22H27NO2. The molecule has 1 saturated carbocycles. The van der Waals surface area contributed by atoms with E-state index < -0.39 is 0 Å². The number of unbranched alkanes of at least 4 members (excludes halogenated alkanes) is 3. The fraction of sp³-hybridized carbons (Fsp3) is 0.500. The minimum Gasteiger partial charge on any atom is -0.396 e. The summed E-state index contributed by atoms with van der Waals surface area (Å²) in [5.41, 5.74) is 1.63. The maximum Gasteiger partial charge on any atom is 0.222 e. The van der Waals surface area contributed by atoms with Gasteiger partial charge in [-0.15, -0.1) is 0 Å². The van der Waals surface area contributed by atoms with Gasteiger partial charge in [0.25, 0.3) is 0 Å². The third-order valence-electron chi connectivity index (χ3n) is 6.12. The zero-order valence-electron chi connectivity index (χ0n) is 14.8. The summed E-state index contributed by atoms with van der Waals surface area (Å²) >= 11 is 0. The molecular weight excluding hydrogens is 310 g/mol. The average Bonchev–Trinajstić information content (AvgIpc) is 3.22. The van der Waals surface area contributed by atoms with Crippen LogP contribution in [0, 0.1) is 5.92 Å². The molecule has 1 aliphatic heterocycles. The van der Waals surface area contributed by atoms with E-state index in [0.717, 1.165) is 38.8 Å². The monoisotopic (exact) mass is 337 g/mol. The van der Waals surface area contributed by atoms with Gasteiger partial charge in [-0.1, -0.05) is 55.3 Å². The smallest absolute Gasteiger partial charge is 0.222 e. The largest absolute Gasteiger partial charge is 0.396 e. The fourth-order valence-electron chi connectivity index (χ4n) is 4.52. The van der Waals surface area contributed by atoms with E-state index in [0.29, 0.717) is 18.2 Å². The van der Waals surface area contributed by atoms with Crippen LogP contribution < -0.4 is 0 Å². The number of fused-ring (bicyclic) bond motifs is 2. The quantitative estimate of drug-likeness (QED) is 0.779. The Balaban J connectivity index is 1.39. The molecule has 0 unspecified atom stereocenters. The van der Waals surface area contributed by atoms with Crippen molar-refractivity contribution >= 4 is 16.7 Å². The van der Waals surface area contributed by atoms with E-state index in [-0.39, 0.29) is 12.0 Å². The van der Waals surface area contributed by atoms with E-state index in [9.17, 15) is 4.79 Å². The van der Waals surface area contributed by atoms with Crippen molar-refractivity contribution in [1.82, 2.24) is 4.90 Å². The van der Waals surface area contributed by atoms with Crippen LogP contribution in [0.15, 0.2) is 42.5 Å². The van der Waals surface area contributed by atoms with Crippen LogP contribution in [0.3, 0.4) is 0 Å². The molecule has 1 saturated heterocycles. The number of likely N-dealkylation sites (tertiary alicyclic amines) is 1. The Morgan fingerprint density at radius 1 is 1.08 bits per heavy atom. The third kappa shape index (κ3) is 3.18. The number of nitrogens with zero attached hydrogens (tertiary/aromatic N) is 1. The molecule has 2 aromatic carbocycles. The lowest BCUT2D eigenvalue weighted by Crippen LogP contribution is -2.32. The fourth-order valence-corrected chi connectivity index (χ4v) is 4.52. The van der Waals surface area contributed by atoms with Crippen molar-refractivity contribution < 1.29 is 9.90 Å². The highest BCUT2D eigenvalue weighted by atomic mass is 16.2. The number of hydrogen-bond acceptors (Lipinski definition) is 2. The zero-order chi connectivity index (χ0) is 17.3. The standard InChI is InChI=1S/C22H27NO2/c24-12-6-2-1-3-9-21(25)23-15-20-14-22(20,16-23)19-11-10-17-7-4-5-8-18(17)13-19/h4-5,7-8,10-11,13,20,24H,1-3,6,9,12,14-16H2/t20-,22+/m1/s1. The molecule has 1 amide bonds. The predicted molar refractivity (Wildman–Crippen MR) is 100 cm³/mol. The van der Waals surface area contributed by atoms with Gasteiger partial charge >= 0.3 is 0 Å². The molecule has 2 atom stereocenters. The number of aliphatic hydroxyl groups is 1. The normalized spacial score (nSPS) is 24.5. The van der Waals surface area contributed by atoms with Gasteiger partial charge in [0.1, 0.15) is 0 Å². The summed E-state index contributed by atoms with van der Waals surface area (Å²) in [7, 11) is 0. The highest BCUT2D eigenvalue weighted by molar-refractivity contribution is 5.84. The molecule has 132 valence electrons. The zero-order valence-corrected chi connectivity index (χ0v) is 14.8. The van der Waals surface area contributed by atoms with Gasteiger partial charge in [-0.3, -0.25) is 4.79 Å². The van der Waals surface area contributed by atoms with Crippen molar-refractivity contribution in [3.05, 3.63) is 48.0 Å². The Labute approximate surface area is 149 Å². The molecule has 0 radical (unpaired) electrons. The first-order valence-electron chi connectivity index (χ1n) is 9.61. The predicted octanol–water partition coefficient (Wildman–Crippen LogP) is 3.88. The van der Waals surface area contributed by atoms with Crippen molar-refractivity contribution in [2.24, 2.45) is 5.92 Å². The van der Waals surface area contributed by atoms with Crippen LogP contribution in [-0.2, 0) is 10.2 Å². The van der Waals surface area contributed by atoms with Crippen LogP contribution >= 0.6 is 0 Å². The molecule has 0 aromatic heterocycles. The summed E-state index contributed by atoms with van der Waals surface area (Å²) in [5.74, 6) is 0.961. The minimum absolute atomic E-state index is 0.219. The van der Waals surface area contributed by atoms with Gasteiger partial charge in [0.2, 0.25) is 5.91 Å². The number of benzene rings is 2. The number of hydrogen-bond donors (Lipinski definition) is 1. The molecule has 1 heterocycles. The third-order valence-corrected chi connectivity index (χ3v) is 6.12. The van der Waals surface area contributed by atoms with Gasteiger partial charge in [0.15, 0.2) is 0 Å². The highest BCUT2D eigenvalue weighted by Crippen LogP contribution is 2.59. The Hall–Kier alpha value is -1.87. The first-order chi connectivity index (χ1) is 12.2. The van der Waals surface area contributed by atoms with Crippen LogP contribution in [0.25, 0.3) is 10.8 Å². The summed E-state index contributed by atoms with van der Waals surface area (Å²) in [5, 5.41) is 11.4. The molecule has 1 N–H and O–H groups in total. The van der Waals surface area contributed by atoms with Crippen molar-refractivity contribution in [3.63, 3.8) is 0 Å². The van der Waals surface area contributed by atoms with Gasteiger partial charge < -0.3 is 10.0 Å². The topological polar surface area (TPSA) is 40.5 Å². The summed E-state index contributed by atoms with van der Waals surface area (Å²) in [6, 6.07) is 15.3. The van der Waals surface area contributed by atoms with Gasteiger partial charge in [-0.05, 0) is 41.5 Å². The Bertz CT molecular complexity index is 771. The molecule has 3 nitrogen and oxygen atoms in total. The molecule has 4 rings (SSSR count). The van der Waals surface area contributed by atoms with E-state index in [1.54, 1.807) is 0 Å². The van der Waals surface area contributed by atoms with Gasteiger partial charge in [-0.2, -0.15) is 0 Å². The second-order valence-corrected chi connectivity index (χ2v) is 7.78. The molecule has 2 aromatic rings. The van der Waals surface area contributed by atoms with Gasteiger partial charge in [-0.25, -0.2) is 0 Å². The van der Waals surface area contributed by atoms with Crippen LogP contribution in [0.2, 0.25) is 0 Å². The van der Waals surface area contributed by atoms with Crippen molar-refractivity contribution in [3.8, 4) is 0 Å². The summed E-state index contributed by atoms with van der Waals surface area (Å²) in [4.78, 5) is 14.6. The van der Waals surface area contributed by atoms with Crippen LogP contribution in [0.5, 0.6) is 0 Å². The molecule has 0 bridgehead atoms. The Morgan fingerprint density at radius 3 is 2.72 bits per heavy atom. The molecule has 1 aliphatic carbocycles. The maximum absolute atomic E-state index is 12.5. The number of carbonyl (C=O) groups is 1. The summed E-state index contributed by atoms with van der Waals surface area (Å²) in [6.07, 6.45) is 5.75. The highest BCUT2D eigenvalue weighted by Gasteiger charge is 2.61. The number of amides is 1. The second-order valence-electron chi connectivity index (χ2n) is 7.78. The van der Waals surface area contributed by atoms with E-state index in [2.05, 4.69) is 47.4 Å². The number of carbonyl (C=O) groups excluding carboxylic acids is 1. The van der Waals surface area contributed by atoms with Crippen molar-refractivity contribution in [1.29, 1.82) is 0 Å². The molecule has 0 spiro atoms. The molecule has 2 fully saturated rings. The SMILES string of the molecule is O=C(CCCCCCO)N1C[C@H]2C[C@@]2(c2ccc3ccccc3c2)C1. The lowest BCUT2D eigenvalue weighted by molar-refractivity contribution is -0.130.